The topological polar surface area (TPSA) is 30.7 Å². The van der Waals surface area contributed by atoms with Crippen LogP contribution >= 0.6 is 0 Å². The van der Waals surface area contributed by atoms with Crippen molar-refractivity contribution in [2.24, 2.45) is 0 Å². The van der Waals surface area contributed by atoms with Crippen LogP contribution in [0.25, 0.3) is 16.9 Å². The van der Waals surface area contributed by atoms with E-state index in [0.29, 0.717) is 5.92 Å². The van der Waals surface area contributed by atoms with E-state index in [4.69, 9.17) is 0 Å². The fourth-order valence-electron chi connectivity index (χ4n) is 2.24. The molecule has 0 fully saturated rings. The van der Waals surface area contributed by atoms with E-state index in [9.17, 15) is 0 Å². The van der Waals surface area contributed by atoms with Crippen LogP contribution in [0.2, 0.25) is 0 Å². The monoisotopic (exact) mass is 237 g/mol. The van der Waals surface area contributed by atoms with Crippen LogP contribution in [0.5, 0.6) is 0 Å². The molecular formula is C15H15N3. The summed E-state index contributed by atoms with van der Waals surface area (Å²) in [6, 6.07) is 12.4. The summed E-state index contributed by atoms with van der Waals surface area (Å²) in [5, 5.41) is 0. The highest BCUT2D eigenvalue weighted by molar-refractivity contribution is 5.73. The second-order valence-corrected chi connectivity index (χ2v) is 4.67. The number of para-hydroxylation sites is 1. The molecule has 0 bridgehead atoms. The zero-order chi connectivity index (χ0) is 12.5. The van der Waals surface area contributed by atoms with Gasteiger partial charge in [0.2, 0.25) is 0 Å². The molecule has 0 N–H and O–H groups in total. The lowest BCUT2D eigenvalue weighted by atomic mass is 10.0. The minimum atomic E-state index is 0.482. The van der Waals surface area contributed by atoms with Gasteiger partial charge >= 0.3 is 0 Å². The summed E-state index contributed by atoms with van der Waals surface area (Å²) in [6.45, 7) is 4.41. The van der Waals surface area contributed by atoms with Gasteiger partial charge in [0.25, 0.3) is 0 Å². The highest BCUT2D eigenvalue weighted by atomic mass is 15.1. The third-order valence-electron chi connectivity index (χ3n) is 3.14. The molecule has 3 heteroatoms. The summed E-state index contributed by atoms with van der Waals surface area (Å²) < 4.78 is 2.11. The molecule has 0 aliphatic rings. The molecule has 0 amide bonds. The summed E-state index contributed by atoms with van der Waals surface area (Å²) in [5.74, 6) is 0.482. The third kappa shape index (κ3) is 1.68. The normalized spacial score (nSPS) is 11.3. The summed E-state index contributed by atoms with van der Waals surface area (Å²) in [4.78, 5) is 8.62. The molecule has 0 atom stereocenters. The maximum atomic E-state index is 4.35. The van der Waals surface area contributed by atoms with Crippen molar-refractivity contribution in [2.75, 3.05) is 0 Å². The predicted molar refractivity (Wildman–Crippen MR) is 73.0 cm³/mol. The van der Waals surface area contributed by atoms with Gasteiger partial charge in [-0.05, 0) is 29.7 Å². The van der Waals surface area contributed by atoms with Gasteiger partial charge in [-0.2, -0.15) is 0 Å². The largest absolute Gasteiger partial charge is 0.297 e. The standard InChI is InChI=1S/C15H15N3/c1-11(2)12-6-3-4-7-13(12)18-10-17-15-14(18)8-5-9-16-15/h3-11H,1-2H3. The highest BCUT2D eigenvalue weighted by Crippen LogP contribution is 2.25. The van der Waals surface area contributed by atoms with Crippen LogP contribution in [0.3, 0.4) is 0 Å². The minimum absolute atomic E-state index is 0.482. The van der Waals surface area contributed by atoms with E-state index >= 15 is 0 Å². The van der Waals surface area contributed by atoms with Gasteiger partial charge in [0, 0.05) is 6.20 Å². The Morgan fingerprint density at radius 2 is 1.83 bits per heavy atom. The van der Waals surface area contributed by atoms with E-state index in [1.165, 1.54) is 11.3 Å². The number of hydrogen-bond donors (Lipinski definition) is 0. The summed E-state index contributed by atoms with van der Waals surface area (Å²) in [5.41, 5.74) is 4.34. The number of nitrogens with zero attached hydrogens (tertiary/aromatic N) is 3. The van der Waals surface area contributed by atoms with Crippen molar-refractivity contribution in [1.82, 2.24) is 14.5 Å². The number of aromatic nitrogens is 3. The molecule has 0 saturated carbocycles. The number of hydrogen-bond acceptors (Lipinski definition) is 2. The first-order valence-corrected chi connectivity index (χ1v) is 6.15. The van der Waals surface area contributed by atoms with E-state index in [-0.39, 0.29) is 0 Å². The Bertz CT molecular complexity index is 683. The maximum absolute atomic E-state index is 4.35. The number of pyridine rings is 1. The summed E-state index contributed by atoms with van der Waals surface area (Å²) in [6.07, 6.45) is 3.62. The van der Waals surface area contributed by atoms with Crippen LogP contribution < -0.4 is 0 Å². The van der Waals surface area contributed by atoms with Gasteiger partial charge in [0.1, 0.15) is 6.33 Å². The van der Waals surface area contributed by atoms with Crippen LogP contribution in [0.15, 0.2) is 48.9 Å². The average Bonchev–Trinajstić information content (AvgIpc) is 2.82. The Morgan fingerprint density at radius 3 is 2.67 bits per heavy atom. The van der Waals surface area contributed by atoms with Crippen LogP contribution in [-0.2, 0) is 0 Å². The SMILES string of the molecule is CC(C)c1ccccc1-n1cnc2ncccc21. The van der Waals surface area contributed by atoms with Crippen LogP contribution in [0, 0.1) is 0 Å². The van der Waals surface area contributed by atoms with Crippen molar-refractivity contribution in [3.8, 4) is 5.69 Å². The molecule has 0 aliphatic heterocycles. The average molecular weight is 237 g/mol. The van der Waals surface area contributed by atoms with E-state index in [0.717, 1.165) is 11.2 Å². The lowest BCUT2D eigenvalue weighted by Gasteiger charge is -2.13. The minimum Gasteiger partial charge on any atom is -0.297 e. The molecule has 90 valence electrons. The van der Waals surface area contributed by atoms with Crippen molar-refractivity contribution >= 4 is 11.2 Å². The zero-order valence-electron chi connectivity index (χ0n) is 10.5. The number of benzene rings is 1. The van der Waals surface area contributed by atoms with E-state index in [1.807, 2.05) is 18.5 Å². The number of rotatable bonds is 2. The van der Waals surface area contributed by atoms with Crippen molar-refractivity contribution in [3.05, 3.63) is 54.5 Å². The molecule has 1 aromatic carbocycles. The van der Waals surface area contributed by atoms with Gasteiger partial charge in [-0.25, -0.2) is 9.97 Å². The summed E-state index contributed by atoms with van der Waals surface area (Å²) >= 11 is 0. The molecular weight excluding hydrogens is 222 g/mol. The molecule has 0 saturated heterocycles. The van der Waals surface area contributed by atoms with Gasteiger partial charge in [0.15, 0.2) is 5.65 Å². The van der Waals surface area contributed by atoms with Crippen molar-refractivity contribution in [2.45, 2.75) is 19.8 Å². The zero-order valence-corrected chi connectivity index (χ0v) is 10.5. The molecule has 3 aromatic rings. The second-order valence-electron chi connectivity index (χ2n) is 4.67. The molecule has 18 heavy (non-hydrogen) atoms. The highest BCUT2D eigenvalue weighted by Gasteiger charge is 2.10. The van der Waals surface area contributed by atoms with E-state index in [1.54, 1.807) is 6.20 Å². The smallest absolute Gasteiger partial charge is 0.177 e. The lowest BCUT2D eigenvalue weighted by molar-refractivity contribution is 0.849. The second kappa shape index (κ2) is 4.26. The summed E-state index contributed by atoms with van der Waals surface area (Å²) in [7, 11) is 0. The molecule has 0 unspecified atom stereocenters. The van der Waals surface area contributed by atoms with E-state index < -0.39 is 0 Å². The number of imidazole rings is 1. The van der Waals surface area contributed by atoms with Gasteiger partial charge in [-0.15, -0.1) is 0 Å². The Kier molecular flexibility index (Phi) is 2.59. The van der Waals surface area contributed by atoms with Crippen LogP contribution in [0.4, 0.5) is 0 Å². The predicted octanol–water partition coefficient (Wildman–Crippen LogP) is 3.54. The first-order valence-electron chi connectivity index (χ1n) is 6.15. The van der Waals surface area contributed by atoms with E-state index in [2.05, 4.69) is 52.6 Å². The number of fused-ring (bicyclic) bond motifs is 1. The van der Waals surface area contributed by atoms with Crippen molar-refractivity contribution < 1.29 is 0 Å². The van der Waals surface area contributed by atoms with Gasteiger partial charge < -0.3 is 0 Å². The molecule has 2 heterocycles. The fourth-order valence-corrected chi connectivity index (χ4v) is 2.24. The van der Waals surface area contributed by atoms with Crippen LogP contribution in [-0.4, -0.2) is 14.5 Å². The van der Waals surface area contributed by atoms with Gasteiger partial charge in [0.05, 0.1) is 11.2 Å². The van der Waals surface area contributed by atoms with Crippen molar-refractivity contribution in [3.63, 3.8) is 0 Å². The Morgan fingerprint density at radius 1 is 1.00 bits per heavy atom. The van der Waals surface area contributed by atoms with Gasteiger partial charge in [-0.1, -0.05) is 32.0 Å². The van der Waals surface area contributed by atoms with Crippen molar-refractivity contribution in [1.29, 1.82) is 0 Å². The molecule has 0 spiro atoms. The molecule has 0 radical (unpaired) electrons. The third-order valence-corrected chi connectivity index (χ3v) is 3.14. The molecule has 3 nitrogen and oxygen atoms in total. The Balaban J connectivity index is 2.27. The molecule has 0 aliphatic carbocycles. The molecule has 2 aromatic heterocycles. The van der Waals surface area contributed by atoms with Crippen LogP contribution in [0.1, 0.15) is 25.3 Å². The Labute approximate surface area is 106 Å². The lowest BCUT2D eigenvalue weighted by Crippen LogP contribution is -1.99. The first kappa shape index (κ1) is 11.0. The molecule has 3 rings (SSSR count). The van der Waals surface area contributed by atoms with Gasteiger partial charge in [-0.3, -0.25) is 4.57 Å². The first-order chi connectivity index (χ1) is 8.77. The Hall–Kier alpha value is -2.16. The maximum Gasteiger partial charge on any atom is 0.177 e. The fraction of sp³-hybridized carbons (Fsp3) is 0.200. The quantitative estimate of drug-likeness (QED) is 0.682.